The van der Waals surface area contributed by atoms with Gasteiger partial charge in [-0.2, -0.15) is 15.1 Å². The minimum atomic E-state index is -0.138. The maximum atomic E-state index is 12.3. The van der Waals surface area contributed by atoms with Crippen LogP contribution in [0.4, 0.5) is 17.7 Å². The Morgan fingerprint density at radius 2 is 2.09 bits per heavy atom. The number of fused-ring (bicyclic) bond motifs is 1. The van der Waals surface area contributed by atoms with E-state index < -0.39 is 0 Å². The molecule has 10 heteroatoms. The highest BCUT2D eigenvalue weighted by atomic mass is 16.2. The van der Waals surface area contributed by atoms with E-state index in [1.54, 1.807) is 12.3 Å². The second-order valence-electron chi connectivity index (χ2n) is 8.34. The summed E-state index contributed by atoms with van der Waals surface area (Å²) < 4.78 is 1.87. The van der Waals surface area contributed by atoms with Crippen LogP contribution in [-0.2, 0) is 0 Å². The molecule has 6 rings (SSSR count). The molecular weight excluding hydrogens is 406 g/mol. The Bertz CT molecular complexity index is 1260. The van der Waals surface area contributed by atoms with Gasteiger partial charge in [-0.25, -0.2) is 0 Å². The van der Waals surface area contributed by atoms with Gasteiger partial charge in [0.1, 0.15) is 11.3 Å². The highest BCUT2D eigenvalue weighted by Gasteiger charge is 2.27. The van der Waals surface area contributed by atoms with Crippen LogP contribution in [-0.4, -0.2) is 54.6 Å². The molecule has 1 aliphatic carbocycles. The lowest BCUT2D eigenvalue weighted by atomic mass is 10.0. The van der Waals surface area contributed by atoms with E-state index in [4.69, 9.17) is 9.97 Å². The lowest BCUT2D eigenvalue weighted by molar-refractivity contribution is 0.0946. The molecular formula is C22H23N9O. The number of H-pyrrole nitrogens is 1. The first-order chi connectivity index (χ1) is 15.7. The quantitative estimate of drug-likeness (QED) is 0.431. The molecule has 3 N–H and O–H groups in total. The summed E-state index contributed by atoms with van der Waals surface area (Å²) in [6.45, 7) is 1.72. The number of carbonyl (C=O) groups is 1. The van der Waals surface area contributed by atoms with Crippen molar-refractivity contribution in [3.63, 3.8) is 0 Å². The zero-order valence-electron chi connectivity index (χ0n) is 17.4. The average Bonchev–Trinajstić information content (AvgIpc) is 3.23. The van der Waals surface area contributed by atoms with Gasteiger partial charge in [0.25, 0.3) is 5.91 Å². The van der Waals surface area contributed by atoms with E-state index in [1.165, 1.54) is 5.56 Å². The number of aromatic amines is 1. The normalized spacial score (nSPS) is 18.2. The number of nitrogens with one attached hydrogen (secondary N) is 3. The van der Waals surface area contributed by atoms with Crippen molar-refractivity contribution in [2.24, 2.45) is 0 Å². The van der Waals surface area contributed by atoms with Crippen LogP contribution in [0.1, 0.15) is 41.2 Å². The summed E-state index contributed by atoms with van der Waals surface area (Å²) in [5, 5.41) is 13.2. The smallest absolute Gasteiger partial charge is 0.269 e. The average molecular weight is 429 g/mol. The molecule has 0 spiro atoms. The monoisotopic (exact) mass is 429 g/mol. The van der Waals surface area contributed by atoms with Gasteiger partial charge in [0.2, 0.25) is 11.9 Å². The predicted octanol–water partition coefficient (Wildman–Crippen LogP) is 2.48. The van der Waals surface area contributed by atoms with Crippen LogP contribution < -0.4 is 15.5 Å². The number of rotatable bonds is 6. The van der Waals surface area contributed by atoms with E-state index in [0.717, 1.165) is 38.0 Å². The van der Waals surface area contributed by atoms with Gasteiger partial charge in [0, 0.05) is 49.7 Å². The maximum absolute atomic E-state index is 12.3. The number of aromatic nitrogens is 6. The zero-order chi connectivity index (χ0) is 21.5. The number of amides is 1. The minimum Gasteiger partial charge on any atom is -0.348 e. The van der Waals surface area contributed by atoms with Crippen LogP contribution in [0.3, 0.4) is 0 Å². The molecule has 162 valence electrons. The van der Waals surface area contributed by atoms with Crippen molar-refractivity contribution < 1.29 is 4.79 Å². The van der Waals surface area contributed by atoms with Crippen molar-refractivity contribution in [2.75, 3.05) is 23.3 Å². The Kier molecular flexibility index (Phi) is 4.48. The van der Waals surface area contributed by atoms with Gasteiger partial charge in [0.15, 0.2) is 5.82 Å². The number of carbonyl (C=O) groups excluding carboxylic acids is 1. The molecule has 5 heterocycles. The van der Waals surface area contributed by atoms with E-state index in [-0.39, 0.29) is 5.91 Å². The lowest BCUT2D eigenvalue weighted by Crippen LogP contribution is -2.25. The van der Waals surface area contributed by atoms with Crippen molar-refractivity contribution in [1.29, 1.82) is 0 Å². The Hall–Kier alpha value is -3.95. The highest BCUT2D eigenvalue weighted by Crippen LogP contribution is 2.30. The van der Waals surface area contributed by atoms with Crippen LogP contribution in [0.25, 0.3) is 5.65 Å². The van der Waals surface area contributed by atoms with Crippen molar-refractivity contribution in [1.82, 2.24) is 34.9 Å². The topological polar surface area (TPSA) is 116 Å². The number of hydrogen-bond donors (Lipinski definition) is 3. The third kappa shape index (κ3) is 3.64. The summed E-state index contributed by atoms with van der Waals surface area (Å²) >= 11 is 0. The first-order valence-electron chi connectivity index (χ1n) is 10.9. The Morgan fingerprint density at radius 1 is 1.16 bits per heavy atom. The molecule has 4 aromatic heterocycles. The molecule has 1 amide bonds. The van der Waals surface area contributed by atoms with E-state index in [2.05, 4.69) is 36.8 Å². The minimum absolute atomic E-state index is 0.138. The molecule has 0 radical (unpaired) electrons. The predicted molar refractivity (Wildman–Crippen MR) is 119 cm³/mol. The summed E-state index contributed by atoms with van der Waals surface area (Å²) in [5.74, 6) is 2.07. The molecule has 0 aromatic carbocycles. The van der Waals surface area contributed by atoms with Crippen LogP contribution in [0.2, 0.25) is 0 Å². The molecule has 1 saturated carbocycles. The Labute approximate surface area is 184 Å². The van der Waals surface area contributed by atoms with Crippen molar-refractivity contribution >= 4 is 29.3 Å². The second-order valence-corrected chi connectivity index (χ2v) is 8.34. The number of nitrogens with zero attached hydrogens (tertiary/aromatic N) is 6. The fourth-order valence-corrected chi connectivity index (χ4v) is 4.09. The number of pyridine rings is 1. The van der Waals surface area contributed by atoms with Crippen molar-refractivity contribution in [3.05, 3.63) is 60.2 Å². The van der Waals surface area contributed by atoms with Gasteiger partial charge in [-0.3, -0.25) is 19.3 Å². The molecule has 32 heavy (non-hydrogen) atoms. The summed E-state index contributed by atoms with van der Waals surface area (Å²) in [7, 11) is 0. The SMILES string of the molecule is O=C(NC1CC1)c1cc(Nc2nc(N3CCC(c4cccnc4)C3)nc3cccn23)n[nH]1. The fraction of sp³-hybridized carbons (Fsp3) is 0.318. The van der Waals surface area contributed by atoms with Gasteiger partial charge in [-0.05, 0) is 43.0 Å². The summed E-state index contributed by atoms with van der Waals surface area (Å²) in [4.78, 5) is 28.3. The number of anilines is 3. The first-order valence-corrected chi connectivity index (χ1v) is 10.9. The zero-order valence-corrected chi connectivity index (χ0v) is 17.4. The molecule has 0 bridgehead atoms. The largest absolute Gasteiger partial charge is 0.348 e. The highest BCUT2D eigenvalue weighted by molar-refractivity contribution is 5.93. The van der Waals surface area contributed by atoms with Crippen molar-refractivity contribution in [2.45, 2.75) is 31.2 Å². The van der Waals surface area contributed by atoms with Crippen LogP contribution >= 0.6 is 0 Å². The molecule has 1 saturated heterocycles. The molecule has 1 unspecified atom stereocenters. The van der Waals surface area contributed by atoms with Crippen LogP contribution in [0, 0.1) is 0 Å². The number of hydrogen-bond acceptors (Lipinski definition) is 7. The summed E-state index contributed by atoms with van der Waals surface area (Å²) in [6.07, 6.45) is 8.75. The molecule has 1 aliphatic heterocycles. The molecule has 1 atom stereocenters. The third-order valence-corrected chi connectivity index (χ3v) is 5.98. The van der Waals surface area contributed by atoms with E-state index in [1.807, 2.05) is 35.0 Å². The summed E-state index contributed by atoms with van der Waals surface area (Å²) in [6, 6.07) is 9.97. The maximum Gasteiger partial charge on any atom is 0.269 e. The van der Waals surface area contributed by atoms with Gasteiger partial charge >= 0.3 is 0 Å². The molecule has 2 fully saturated rings. The van der Waals surface area contributed by atoms with Crippen LogP contribution in [0.15, 0.2) is 48.9 Å². The molecule has 2 aliphatic rings. The summed E-state index contributed by atoms with van der Waals surface area (Å²) in [5.41, 5.74) is 2.46. The molecule has 4 aromatic rings. The fourth-order valence-electron chi connectivity index (χ4n) is 4.09. The molecule has 10 nitrogen and oxygen atoms in total. The Balaban J connectivity index is 1.24. The first kappa shape index (κ1) is 18.8. The lowest BCUT2D eigenvalue weighted by Gasteiger charge is -2.18. The van der Waals surface area contributed by atoms with Gasteiger partial charge in [0.05, 0.1) is 0 Å². The van der Waals surface area contributed by atoms with Crippen LogP contribution in [0.5, 0.6) is 0 Å². The van der Waals surface area contributed by atoms with E-state index in [9.17, 15) is 4.79 Å². The third-order valence-electron chi connectivity index (χ3n) is 5.98. The second kappa shape index (κ2) is 7.63. The van der Waals surface area contributed by atoms with Gasteiger partial charge < -0.3 is 15.5 Å². The van der Waals surface area contributed by atoms with Gasteiger partial charge in [-0.1, -0.05) is 6.07 Å². The van der Waals surface area contributed by atoms with E-state index in [0.29, 0.717) is 35.4 Å². The van der Waals surface area contributed by atoms with Crippen molar-refractivity contribution in [3.8, 4) is 0 Å². The Morgan fingerprint density at radius 3 is 2.94 bits per heavy atom. The van der Waals surface area contributed by atoms with Gasteiger partial charge in [-0.15, -0.1) is 0 Å². The van der Waals surface area contributed by atoms with E-state index >= 15 is 0 Å². The standard InChI is InChI=1S/C22H23N9O/c32-20(24-16-5-6-16)17-11-18(29-28-17)25-22-27-21(26-19-4-2-9-31(19)22)30-10-7-15(13-30)14-3-1-8-23-12-14/h1-4,8-9,11-12,15-16H,5-7,10,13H2,(H,24,32)(H2,25,26,27,28,29).